The Balaban J connectivity index is 2.24. The molecule has 3 aromatic rings. The van der Waals surface area contributed by atoms with Crippen molar-refractivity contribution in [2.75, 3.05) is 0 Å². The van der Waals surface area contributed by atoms with Gasteiger partial charge in [0, 0.05) is 0 Å². The van der Waals surface area contributed by atoms with Gasteiger partial charge in [0.2, 0.25) is 0 Å². The van der Waals surface area contributed by atoms with Gasteiger partial charge in [-0.25, -0.2) is 4.79 Å². The normalized spacial score (nSPS) is 12.1. The highest BCUT2D eigenvalue weighted by Gasteiger charge is 2.21. The van der Waals surface area contributed by atoms with Crippen molar-refractivity contribution in [3.05, 3.63) is 78.4 Å². The molecule has 0 bridgehead atoms. The molecule has 0 aromatic heterocycles. The third-order valence-corrected chi connectivity index (χ3v) is 8.22. The van der Waals surface area contributed by atoms with E-state index in [1.165, 1.54) is 48.5 Å². The van der Waals surface area contributed by atoms with E-state index in [9.17, 15) is 30.7 Å². The molecule has 8 nitrogen and oxygen atoms in total. The largest absolute Gasteiger partial charge is 0.478 e. The summed E-state index contributed by atoms with van der Waals surface area (Å²) in [6, 6.07) is 16.9. The zero-order valence-electron chi connectivity index (χ0n) is 15.1. The lowest BCUT2D eigenvalue weighted by Crippen LogP contribution is -2.22. The predicted molar refractivity (Wildman–Crippen MR) is 112 cm³/mol. The van der Waals surface area contributed by atoms with Gasteiger partial charge in [0.05, 0.1) is 15.4 Å². The number of hydrogen-bond donors (Lipinski definition) is 3. The second-order valence-corrected chi connectivity index (χ2v) is 11.2. The Morgan fingerprint density at radius 1 is 0.667 bits per heavy atom. The van der Waals surface area contributed by atoms with E-state index in [0.29, 0.717) is 15.9 Å². The molecular formula is C19H15O8PS2. The molecule has 0 fully saturated rings. The van der Waals surface area contributed by atoms with Crippen LogP contribution in [0.2, 0.25) is 0 Å². The Kier molecular flexibility index (Phi) is 6.07. The molecule has 0 radical (unpaired) electrons. The molecule has 0 amide bonds. The molecule has 0 spiro atoms. The van der Waals surface area contributed by atoms with E-state index in [1.54, 1.807) is 24.3 Å². The maximum absolute atomic E-state index is 11.6. The summed E-state index contributed by atoms with van der Waals surface area (Å²) in [6.45, 7) is 0. The minimum atomic E-state index is -4.48. The lowest BCUT2D eigenvalue weighted by Gasteiger charge is -2.20. The average Bonchev–Trinajstić information content (AvgIpc) is 2.68. The molecule has 0 aliphatic carbocycles. The summed E-state index contributed by atoms with van der Waals surface area (Å²) in [5.74, 6) is -1.12. The van der Waals surface area contributed by atoms with Crippen LogP contribution in [0.1, 0.15) is 10.4 Å². The highest BCUT2D eigenvalue weighted by atomic mass is 32.2. The van der Waals surface area contributed by atoms with Crippen LogP contribution in [-0.2, 0) is 20.2 Å². The lowest BCUT2D eigenvalue weighted by molar-refractivity contribution is 0.0697. The first kappa shape index (κ1) is 22.1. The Morgan fingerprint density at radius 2 is 1.10 bits per heavy atom. The van der Waals surface area contributed by atoms with Crippen LogP contribution in [0, 0.1) is 0 Å². The Morgan fingerprint density at radius 3 is 1.47 bits per heavy atom. The van der Waals surface area contributed by atoms with E-state index in [0.717, 1.165) is 0 Å². The van der Waals surface area contributed by atoms with Gasteiger partial charge in [-0.05, 0) is 60.2 Å². The molecule has 0 heterocycles. The minimum Gasteiger partial charge on any atom is -0.478 e. The van der Waals surface area contributed by atoms with E-state index < -0.39 is 34.1 Å². The van der Waals surface area contributed by atoms with Crippen LogP contribution in [0.5, 0.6) is 0 Å². The molecule has 0 atom stereocenters. The fourth-order valence-corrected chi connectivity index (χ4v) is 6.34. The number of aromatic carboxylic acids is 1. The molecule has 3 N–H and O–H groups in total. The Hall–Kier alpha value is -2.62. The standard InChI is InChI=1S/C19H15O8PS2/c20-19(21)13-7-9-14(10-8-13)28(15-3-1-5-17(11-15)29(22,23)24)16-4-2-6-18(12-16)30(25,26)27/h1-12H,(H,20,21)(H,22,23,24)(H,25,26,27). The van der Waals surface area contributed by atoms with Crippen LogP contribution in [0.25, 0.3) is 0 Å². The molecule has 3 rings (SSSR count). The number of hydrogen-bond acceptors (Lipinski definition) is 5. The summed E-state index contributed by atoms with van der Waals surface area (Å²) in [4.78, 5) is 10.5. The summed E-state index contributed by atoms with van der Waals surface area (Å²) in [5.41, 5.74) is 0.0482. The van der Waals surface area contributed by atoms with E-state index in [2.05, 4.69) is 0 Å². The van der Waals surface area contributed by atoms with Gasteiger partial charge in [-0.1, -0.05) is 36.4 Å². The van der Waals surface area contributed by atoms with Crippen molar-refractivity contribution in [3.63, 3.8) is 0 Å². The van der Waals surface area contributed by atoms with Gasteiger partial charge in [-0.3, -0.25) is 9.11 Å². The molecular weight excluding hydrogens is 451 g/mol. The van der Waals surface area contributed by atoms with Crippen LogP contribution in [0.15, 0.2) is 82.6 Å². The van der Waals surface area contributed by atoms with Crippen molar-refractivity contribution in [2.45, 2.75) is 9.79 Å². The zero-order valence-corrected chi connectivity index (χ0v) is 17.6. The maximum atomic E-state index is 11.6. The van der Waals surface area contributed by atoms with Crippen LogP contribution in [0.4, 0.5) is 0 Å². The Bertz CT molecular complexity index is 1240. The number of carbonyl (C=O) groups is 1. The van der Waals surface area contributed by atoms with E-state index >= 15 is 0 Å². The van der Waals surface area contributed by atoms with Gasteiger partial charge in [0.25, 0.3) is 20.2 Å². The maximum Gasteiger partial charge on any atom is 0.335 e. The molecule has 0 aliphatic heterocycles. The van der Waals surface area contributed by atoms with E-state index in [1.807, 2.05) is 0 Å². The van der Waals surface area contributed by atoms with Crippen molar-refractivity contribution in [1.29, 1.82) is 0 Å². The summed E-state index contributed by atoms with van der Waals surface area (Å²) in [6.07, 6.45) is 0. The second kappa shape index (κ2) is 8.25. The van der Waals surface area contributed by atoms with Crippen LogP contribution in [0.3, 0.4) is 0 Å². The molecule has 0 saturated heterocycles. The number of benzene rings is 3. The summed E-state index contributed by atoms with van der Waals surface area (Å²) in [7, 11) is -10.5. The van der Waals surface area contributed by atoms with Crippen molar-refractivity contribution in [3.8, 4) is 0 Å². The van der Waals surface area contributed by atoms with Crippen LogP contribution < -0.4 is 15.9 Å². The monoisotopic (exact) mass is 466 g/mol. The van der Waals surface area contributed by atoms with Gasteiger partial charge in [-0.2, -0.15) is 16.8 Å². The molecule has 11 heteroatoms. The van der Waals surface area contributed by atoms with Crippen LogP contribution in [-0.4, -0.2) is 37.0 Å². The molecule has 0 saturated carbocycles. The third-order valence-electron chi connectivity index (χ3n) is 4.12. The average molecular weight is 466 g/mol. The van der Waals surface area contributed by atoms with Gasteiger partial charge < -0.3 is 5.11 Å². The van der Waals surface area contributed by atoms with Gasteiger partial charge in [0.15, 0.2) is 0 Å². The quantitative estimate of drug-likeness (QED) is 0.367. The first-order valence-corrected chi connectivity index (χ1v) is 12.5. The molecule has 30 heavy (non-hydrogen) atoms. The number of carboxylic acid groups (broad SMARTS) is 1. The lowest BCUT2D eigenvalue weighted by atomic mass is 10.2. The van der Waals surface area contributed by atoms with Crippen molar-refractivity contribution < 1.29 is 35.8 Å². The van der Waals surface area contributed by atoms with Crippen molar-refractivity contribution in [2.24, 2.45) is 0 Å². The highest BCUT2D eigenvalue weighted by Crippen LogP contribution is 2.34. The third kappa shape index (κ3) is 4.92. The van der Waals surface area contributed by atoms with Gasteiger partial charge in [0.1, 0.15) is 0 Å². The molecule has 0 aliphatic rings. The molecule has 3 aromatic carbocycles. The molecule has 156 valence electrons. The number of rotatable bonds is 6. The highest BCUT2D eigenvalue weighted by molar-refractivity contribution is 7.86. The fraction of sp³-hybridized carbons (Fsp3) is 0. The van der Waals surface area contributed by atoms with Crippen molar-refractivity contribution >= 4 is 50.0 Å². The van der Waals surface area contributed by atoms with Gasteiger partial charge >= 0.3 is 5.97 Å². The van der Waals surface area contributed by atoms with Crippen molar-refractivity contribution in [1.82, 2.24) is 0 Å². The SMILES string of the molecule is O=C(O)c1ccc(P(c2cccc(S(=O)(=O)O)c2)c2cccc(S(=O)(=O)O)c2)cc1. The smallest absolute Gasteiger partial charge is 0.335 e. The second-order valence-electron chi connectivity index (χ2n) is 6.13. The fourth-order valence-electron chi connectivity index (χ4n) is 2.77. The van der Waals surface area contributed by atoms with E-state index in [-0.39, 0.29) is 15.4 Å². The zero-order chi connectivity index (χ0) is 22.1. The number of carboxylic acids is 1. The Labute approximate surface area is 174 Å². The summed E-state index contributed by atoms with van der Waals surface area (Å²) < 4.78 is 65.1. The van der Waals surface area contributed by atoms with Crippen LogP contribution >= 0.6 is 7.92 Å². The van der Waals surface area contributed by atoms with Gasteiger partial charge in [-0.15, -0.1) is 0 Å². The van der Waals surface area contributed by atoms with E-state index in [4.69, 9.17) is 5.11 Å². The summed E-state index contributed by atoms with van der Waals surface area (Å²) in [5, 5.41) is 10.7. The first-order chi connectivity index (χ1) is 14.0. The summed E-state index contributed by atoms with van der Waals surface area (Å²) >= 11 is 0. The predicted octanol–water partition coefficient (Wildman–Crippen LogP) is 1.64. The first-order valence-electron chi connectivity index (χ1n) is 8.25. The minimum absolute atomic E-state index is 0.0482. The molecule has 0 unspecified atom stereocenters. The topological polar surface area (TPSA) is 146 Å².